The molecule has 0 spiro atoms. The van der Waals surface area contributed by atoms with Crippen molar-refractivity contribution in [2.75, 3.05) is 0 Å². The number of hydrogen-bond donors (Lipinski definition) is 1. The summed E-state index contributed by atoms with van der Waals surface area (Å²) in [5.74, 6) is -0.808. The molecule has 2 unspecified atom stereocenters. The van der Waals surface area contributed by atoms with Crippen molar-refractivity contribution >= 4 is 0 Å². The lowest BCUT2D eigenvalue weighted by Gasteiger charge is -2.39. The molecule has 0 saturated heterocycles. The zero-order valence-corrected chi connectivity index (χ0v) is 11.5. The van der Waals surface area contributed by atoms with Crippen LogP contribution in [0.2, 0.25) is 0 Å². The minimum Gasteiger partial charge on any atom is -0.385 e. The van der Waals surface area contributed by atoms with E-state index in [4.69, 9.17) is 0 Å². The molecule has 1 aromatic carbocycles. The molecule has 1 nitrogen and oxygen atoms in total. The Morgan fingerprint density at radius 2 is 1.70 bits per heavy atom. The van der Waals surface area contributed by atoms with Crippen molar-refractivity contribution in [3.63, 3.8) is 0 Å². The SMILES string of the molecule is CC1CC(C)CC(O)(c2ccc(C(F)(F)F)c(F)c2)C1. The maximum absolute atomic E-state index is 13.6. The van der Waals surface area contributed by atoms with Gasteiger partial charge in [-0.05, 0) is 48.8 Å². The van der Waals surface area contributed by atoms with E-state index < -0.39 is 23.2 Å². The highest BCUT2D eigenvalue weighted by Crippen LogP contribution is 2.43. The third-order valence-electron chi connectivity index (χ3n) is 3.99. The van der Waals surface area contributed by atoms with E-state index in [2.05, 4.69) is 0 Å². The molecular formula is C15H18F4O. The second-order valence-corrected chi connectivity index (χ2v) is 6.08. The largest absolute Gasteiger partial charge is 0.419 e. The number of halogens is 4. The molecule has 20 heavy (non-hydrogen) atoms. The van der Waals surface area contributed by atoms with Gasteiger partial charge in [-0.3, -0.25) is 0 Å². The summed E-state index contributed by atoms with van der Waals surface area (Å²) >= 11 is 0. The quantitative estimate of drug-likeness (QED) is 0.756. The predicted molar refractivity (Wildman–Crippen MR) is 67.5 cm³/mol. The molecule has 112 valence electrons. The lowest BCUT2D eigenvalue weighted by Crippen LogP contribution is -2.35. The van der Waals surface area contributed by atoms with Crippen LogP contribution >= 0.6 is 0 Å². The molecule has 1 saturated carbocycles. The van der Waals surface area contributed by atoms with Crippen LogP contribution in [0.5, 0.6) is 0 Å². The van der Waals surface area contributed by atoms with Crippen LogP contribution in [0.3, 0.4) is 0 Å². The Kier molecular flexibility index (Phi) is 3.84. The summed E-state index contributed by atoms with van der Waals surface area (Å²) in [5.41, 5.74) is -2.29. The van der Waals surface area contributed by atoms with Crippen molar-refractivity contribution in [3.8, 4) is 0 Å². The van der Waals surface area contributed by atoms with Gasteiger partial charge in [0.05, 0.1) is 11.2 Å². The van der Waals surface area contributed by atoms with E-state index in [-0.39, 0.29) is 17.4 Å². The minimum atomic E-state index is -4.71. The monoisotopic (exact) mass is 290 g/mol. The summed E-state index contributed by atoms with van der Waals surface area (Å²) in [6, 6.07) is 2.73. The van der Waals surface area contributed by atoms with Crippen LogP contribution in [-0.4, -0.2) is 5.11 Å². The lowest BCUT2D eigenvalue weighted by atomic mass is 9.70. The molecule has 1 aliphatic rings. The molecule has 1 fully saturated rings. The first-order valence-electron chi connectivity index (χ1n) is 6.71. The van der Waals surface area contributed by atoms with Crippen molar-refractivity contribution in [1.82, 2.24) is 0 Å². The standard InChI is InChI=1S/C15H18F4O/c1-9-5-10(2)8-14(20,7-9)11-3-4-12(13(16)6-11)15(17,18)19/h3-4,6,9-10,20H,5,7-8H2,1-2H3. The number of hydrogen-bond acceptors (Lipinski definition) is 1. The van der Waals surface area contributed by atoms with Crippen LogP contribution in [0.15, 0.2) is 18.2 Å². The van der Waals surface area contributed by atoms with Gasteiger partial charge in [0.25, 0.3) is 0 Å². The molecule has 1 aliphatic carbocycles. The van der Waals surface area contributed by atoms with E-state index in [1.165, 1.54) is 6.07 Å². The van der Waals surface area contributed by atoms with Gasteiger partial charge in [0.1, 0.15) is 5.82 Å². The van der Waals surface area contributed by atoms with Crippen LogP contribution in [0.4, 0.5) is 17.6 Å². The average Bonchev–Trinajstić information content (AvgIpc) is 2.24. The average molecular weight is 290 g/mol. The van der Waals surface area contributed by atoms with Gasteiger partial charge in [0.2, 0.25) is 0 Å². The summed E-state index contributed by atoms with van der Waals surface area (Å²) < 4.78 is 51.3. The summed E-state index contributed by atoms with van der Waals surface area (Å²) in [6.45, 7) is 3.97. The Balaban J connectivity index is 2.36. The van der Waals surface area contributed by atoms with Crippen molar-refractivity contribution < 1.29 is 22.7 Å². The molecule has 0 bridgehead atoms. The van der Waals surface area contributed by atoms with E-state index in [1.807, 2.05) is 13.8 Å². The van der Waals surface area contributed by atoms with E-state index in [9.17, 15) is 22.7 Å². The second-order valence-electron chi connectivity index (χ2n) is 6.08. The van der Waals surface area contributed by atoms with Crippen LogP contribution in [0, 0.1) is 17.7 Å². The normalized spacial score (nSPS) is 31.4. The zero-order valence-electron chi connectivity index (χ0n) is 11.5. The number of benzene rings is 1. The Morgan fingerprint density at radius 1 is 1.15 bits per heavy atom. The first-order valence-corrected chi connectivity index (χ1v) is 6.71. The van der Waals surface area contributed by atoms with Crippen molar-refractivity contribution in [2.45, 2.75) is 44.9 Å². The molecule has 0 aromatic heterocycles. The number of rotatable bonds is 1. The fourth-order valence-electron chi connectivity index (χ4n) is 3.36. The third-order valence-corrected chi connectivity index (χ3v) is 3.99. The van der Waals surface area contributed by atoms with Crippen LogP contribution in [-0.2, 0) is 11.8 Å². The molecule has 0 radical (unpaired) electrons. The summed E-state index contributed by atoms with van der Waals surface area (Å²) in [4.78, 5) is 0. The maximum atomic E-state index is 13.6. The van der Waals surface area contributed by atoms with Gasteiger partial charge < -0.3 is 5.11 Å². The van der Waals surface area contributed by atoms with Crippen molar-refractivity contribution in [2.24, 2.45) is 11.8 Å². The molecule has 1 aromatic rings. The van der Waals surface area contributed by atoms with E-state index in [0.717, 1.165) is 12.5 Å². The molecule has 0 heterocycles. The van der Waals surface area contributed by atoms with E-state index >= 15 is 0 Å². The van der Waals surface area contributed by atoms with Gasteiger partial charge in [0.15, 0.2) is 0 Å². The smallest absolute Gasteiger partial charge is 0.385 e. The Hall–Kier alpha value is -1.10. The first kappa shape index (κ1) is 15.3. The minimum absolute atomic E-state index is 0.237. The highest BCUT2D eigenvalue weighted by Gasteiger charge is 2.39. The van der Waals surface area contributed by atoms with E-state index in [0.29, 0.717) is 18.9 Å². The van der Waals surface area contributed by atoms with Gasteiger partial charge in [-0.15, -0.1) is 0 Å². The van der Waals surface area contributed by atoms with Gasteiger partial charge in [-0.1, -0.05) is 19.9 Å². The third kappa shape index (κ3) is 2.97. The predicted octanol–water partition coefficient (Wildman–Crippen LogP) is 4.49. The topological polar surface area (TPSA) is 20.2 Å². The highest BCUT2D eigenvalue weighted by atomic mass is 19.4. The zero-order chi connectivity index (χ0) is 15.1. The lowest BCUT2D eigenvalue weighted by molar-refractivity contribution is -0.140. The number of aliphatic hydroxyl groups is 1. The van der Waals surface area contributed by atoms with Crippen molar-refractivity contribution in [3.05, 3.63) is 35.1 Å². The second kappa shape index (κ2) is 5.02. The molecule has 2 atom stereocenters. The molecule has 0 aliphatic heterocycles. The maximum Gasteiger partial charge on any atom is 0.419 e. The summed E-state index contributed by atoms with van der Waals surface area (Å²) in [6.07, 6.45) is -2.85. The van der Waals surface area contributed by atoms with Crippen LogP contribution in [0.25, 0.3) is 0 Å². The fourth-order valence-corrected chi connectivity index (χ4v) is 3.36. The highest BCUT2D eigenvalue weighted by molar-refractivity contribution is 5.30. The Morgan fingerprint density at radius 3 is 2.15 bits per heavy atom. The fraction of sp³-hybridized carbons (Fsp3) is 0.600. The van der Waals surface area contributed by atoms with Gasteiger partial charge in [-0.2, -0.15) is 13.2 Å². The molecular weight excluding hydrogens is 272 g/mol. The summed E-state index contributed by atoms with van der Waals surface area (Å²) in [5, 5.41) is 10.7. The van der Waals surface area contributed by atoms with Gasteiger partial charge in [-0.25, -0.2) is 4.39 Å². The molecule has 1 N–H and O–H groups in total. The van der Waals surface area contributed by atoms with E-state index in [1.54, 1.807) is 0 Å². The number of alkyl halides is 3. The van der Waals surface area contributed by atoms with Crippen molar-refractivity contribution in [1.29, 1.82) is 0 Å². The Bertz CT molecular complexity index is 485. The summed E-state index contributed by atoms with van der Waals surface area (Å²) in [7, 11) is 0. The van der Waals surface area contributed by atoms with Gasteiger partial charge in [0, 0.05) is 0 Å². The van der Waals surface area contributed by atoms with Crippen LogP contribution < -0.4 is 0 Å². The molecule has 0 amide bonds. The molecule has 5 heteroatoms. The first-order chi connectivity index (χ1) is 9.12. The van der Waals surface area contributed by atoms with Crippen LogP contribution in [0.1, 0.15) is 44.2 Å². The molecule has 2 rings (SSSR count). The van der Waals surface area contributed by atoms with Gasteiger partial charge >= 0.3 is 6.18 Å². The Labute approximate surface area is 115 Å².